The average Bonchev–Trinajstić information content (AvgIpc) is 2.90. The number of hydrogen-bond acceptors (Lipinski definition) is 5. The number of nitrogens with one attached hydrogen (secondary N) is 1. The van der Waals surface area contributed by atoms with E-state index >= 15 is 0 Å². The van der Waals surface area contributed by atoms with Crippen molar-refractivity contribution in [1.29, 1.82) is 0 Å². The Morgan fingerprint density at radius 2 is 2.00 bits per heavy atom. The topological polar surface area (TPSA) is 84.1 Å². The molecule has 1 aliphatic rings. The highest BCUT2D eigenvalue weighted by atomic mass is 16.1. The molecule has 0 spiro atoms. The van der Waals surface area contributed by atoms with Gasteiger partial charge in [-0.1, -0.05) is 12.1 Å². The van der Waals surface area contributed by atoms with E-state index in [4.69, 9.17) is 5.73 Å². The molecule has 1 saturated heterocycles. The molecular formula is C22H25N5O. The lowest BCUT2D eigenvalue weighted by Crippen LogP contribution is -2.41. The van der Waals surface area contributed by atoms with Gasteiger partial charge in [0.05, 0.1) is 5.52 Å². The molecule has 0 aliphatic carbocycles. The summed E-state index contributed by atoms with van der Waals surface area (Å²) >= 11 is 0. The number of nitrogen functional groups attached to an aromatic ring is 1. The molecule has 3 heterocycles. The zero-order valence-electron chi connectivity index (χ0n) is 16.0. The van der Waals surface area contributed by atoms with Crippen molar-refractivity contribution in [2.75, 3.05) is 25.9 Å². The number of likely N-dealkylation sites (tertiary alicyclic amines) is 1. The van der Waals surface area contributed by atoms with Gasteiger partial charge in [-0.2, -0.15) is 0 Å². The third kappa shape index (κ3) is 3.97. The number of likely N-dealkylation sites (N-methyl/N-ethyl adjacent to an activating group) is 1. The van der Waals surface area contributed by atoms with Gasteiger partial charge in [-0.05, 0) is 61.7 Å². The van der Waals surface area contributed by atoms with Crippen molar-refractivity contribution in [3.8, 4) is 0 Å². The van der Waals surface area contributed by atoms with Crippen LogP contribution in [0.1, 0.15) is 34.8 Å². The molecular weight excluding hydrogens is 350 g/mol. The minimum absolute atomic E-state index is 0.108. The van der Waals surface area contributed by atoms with Gasteiger partial charge in [0.15, 0.2) is 0 Å². The number of rotatable bonds is 3. The predicted octanol–water partition coefficient (Wildman–Crippen LogP) is 2.82. The van der Waals surface area contributed by atoms with Crippen LogP contribution < -0.4 is 11.1 Å². The summed E-state index contributed by atoms with van der Waals surface area (Å²) in [7, 11) is 2.11. The highest BCUT2D eigenvalue weighted by Gasteiger charge is 2.25. The van der Waals surface area contributed by atoms with Gasteiger partial charge in [-0.3, -0.25) is 14.8 Å². The fourth-order valence-electron chi connectivity index (χ4n) is 4.00. The highest BCUT2D eigenvalue weighted by Crippen LogP contribution is 2.30. The number of hydrogen-bond donors (Lipinski definition) is 2. The van der Waals surface area contributed by atoms with E-state index in [0.717, 1.165) is 42.5 Å². The molecule has 1 aromatic carbocycles. The first-order chi connectivity index (χ1) is 13.6. The first kappa shape index (κ1) is 18.4. The van der Waals surface area contributed by atoms with Crippen LogP contribution >= 0.6 is 0 Å². The van der Waals surface area contributed by atoms with Crippen molar-refractivity contribution in [3.63, 3.8) is 0 Å². The number of carbonyl (C=O) groups is 1. The third-order valence-electron chi connectivity index (χ3n) is 5.43. The van der Waals surface area contributed by atoms with E-state index in [1.807, 2.05) is 24.3 Å². The summed E-state index contributed by atoms with van der Waals surface area (Å²) in [6.45, 7) is 1.77. The Hall–Kier alpha value is -2.99. The Labute approximate surface area is 164 Å². The zero-order chi connectivity index (χ0) is 19.5. The van der Waals surface area contributed by atoms with E-state index in [1.165, 1.54) is 5.56 Å². The van der Waals surface area contributed by atoms with Gasteiger partial charge in [0.25, 0.3) is 5.91 Å². The summed E-state index contributed by atoms with van der Waals surface area (Å²) in [6, 6.07) is 13.7. The number of nitrogens with two attached hydrogens (primary N) is 1. The molecule has 0 radical (unpaired) electrons. The normalized spacial score (nSPS) is 20.6. The second kappa shape index (κ2) is 7.94. The van der Waals surface area contributed by atoms with E-state index < -0.39 is 0 Å². The van der Waals surface area contributed by atoms with Crippen molar-refractivity contribution >= 4 is 22.5 Å². The fraction of sp³-hybridized carbons (Fsp3) is 0.318. The first-order valence-electron chi connectivity index (χ1n) is 9.65. The van der Waals surface area contributed by atoms with E-state index in [0.29, 0.717) is 11.6 Å². The Kier molecular flexibility index (Phi) is 5.21. The van der Waals surface area contributed by atoms with E-state index in [-0.39, 0.29) is 11.9 Å². The monoisotopic (exact) mass is 375 g/mol. The standard InChI is InChI=1S/C22H25N5O/c1-27-13-16(15-6-8-20-18(12-15)19(23)9-11-25-20)5-7-17(14-27)26-22(28)21-4-2-3-10-24-21/h2-4,6,8-12,16-17H,5,7,13-14H2,1H3,(H2,23,25)(H,26,28). The smallest absolute Gasteiger partial charge is 0.270 e. The molecule has 1 amide bonds. The Morgan fingerprint density at radius 3 is 2.82 bits per heavy atom. The minimum Gasteiger partial charge on any atom is -0.398 e. The Balaban J connectivity index is 1.48. The lowest BCUT2D eigenvalue weighted by atomic mass is 9.92. The van der Waals surface area contributed by atoms with E-state index in [2.05, 4.69) is 39.4 Å². The molecule has 144 valence electrons. The van der Waals surface area contributed by atoms with Gasteiger partial charge in [-0.25, -0.2) is 0 Å². The van der Waals surface area contributed by atoms with Crippen molar-refractivity contribution in [2.24, 2.45) is 0 Å². The number of carbonyl (C=O) groups excluding carboxylic acids is 1. The summed E-state index contributed by atoms with van der Waals surface area (Å²) in [4.78, 5) is 23.3. The lowest BCUT2D eigenvalue weighted by molar-refractivity contribution is 0.0924. The van der Waals surface area contributed by atoms with Crippen molar-refractivity contribution < 1.29 is 4.79 Å². The zero-order valence-corrected chi connectivity index (χ0v) is 16.0. The van der Waals surface area contributed by atoms with Crippen LogP contribution in [0.25, 0.3) is 10.9 Å². The summed E-state index contributed by atoms with van der Waals surface area (Å²) in [5.74, 6) is 0.285. The van der Waals surface area contributed by atoms with Crippen LogP contribution in [0.15, 0.2) is 54.9 Å². The average molecular weight is 375 g/mol. The SMILES string of the molecule is CN1CC(NC(=O)c2ccccn2)CCC(c2ccc3nccc(N)c3c2)C1. The first-order valence-corrected chi connectivity index (χ1v) is 9.65. The number of benzene rings is 1. The molecule has 1 fully saturated rings. The van der Waals surface area contributed by atoms with Crippen LogP contribution in [-0.2, 0) is 0 Å². The maximum absolute atomic E-state index is 12.5. The van der Waals surface area contributed by atoms with Crippen LogP contribution in [0.2, 0.25) is 0 Å². The molecule has 2 aromatic heterocycles. The summed E-state index contributed by atoms with van der Waals surface area (Å²) in [5.41, 5.74) is 9.56. The Morgan fingerprint density at radius 1 is 1.11 bits per heavy atom. The quantitative estimate of drug-likeness (QED) is 0.735. The minimum atomic E-state index is -0.109. The molecule has 6 nitrogen and oxygen atoms in total. The summed E-state index contributed by atoms with van der Waals surface area (Å²) in [5, 5.41) is 4.15. The van der Waals surface area contributed by atoms with Crippen molar-refractivity contribution in [2.45, 2.75) is 24.8 Å². The van der Waals surface area contributed by atoms with Gasteiger partial charge in [0, 0.05) is 42.6 Å². The second-order valence-corrected chi connectivity index (χ2v) is 7.56. The fourth-order valence-corrected chi connectivity index (χ4v) is 4.00. The second-order valence-electron chi connectivity index (χ2n) is 7.56. The third-order valence-corrected chi connectivity index (χ3v) is 5.43. The summed E-state index contributed by atoms with van der Waals surface area (Å²) < 4.78 is 0. The molecule has 2 unspecified atom stereocenters. The van der Waals surface area contributed by atoms with Crippen LogP contribution in [-0.4, -0.2) is 47.0 Å². The number of amides is 1. The van der Waals surface area contributed by atoms with Gasteiger partial charge in [0.2, 0.25) is 0 Å². The van der Waals surface area contributed by atoms with Gasteiger partial charge in [-0.15, -0.1) is 0 Å². The molecule has 28 heavy (non-hydrogen) atoms. The number of fused-ring (bicyclic) bond motifs is 1. The molecule has 2 atom stereocenters. The van der Waals surface area contributed by atoms with E-state index in [9.17, 15) is 4.79 Å². The molecule has 1 aliphatic heterocycles. The Bertz CT molecular complexity index is 975. The summed E-state index contributed by atoms with van der Waals surface area (Å²) in [6.07, 6.45) is 5.31. The van der Waals surface area contributed by atoms with Gasteiger partial charge in [0.1, 0.15) is 5.69 Å². The predicted molar refractivity (Wildman–Crippen MR) is 111 cm³/mol. The van der Waals surface area contributed by atoms with Crippen molar-refractivity contribution in [3.05, 3.63) is 66.1 Å². The molecule has 0 saturated carbocycles. The van der Waals surface area contributed by atoms with Crippen LogP contribution in [0, 0.1) is 0 Å². The van der Waals surface area contributed by atoms with Crippen LogP contribution in [0.3, 0.4) is 0 Å². The van der Waals surface area contributed by atoms with Crippen molar-refractivity contribution in [1.82, 2.24) is 20.2 Å². The molecule has 3 N–H and O–H groups in total. The largest absolute Gasteiger partial charge is 0.398 e. The van der Waals surface area contributed by atoms with E-state index in [1.54, 1.807) is 18.5 Å². The van der Waals surface area contributed by atoms with Crippen LogP contribution in [0.5, 0.6) is 0 Å². The van der Waals surface area contributed by atoms with Crippen LogP contribution in [0.4, 0.5) is 5.69 Å². The number of pyridine rings is 2. The maximum atomic E-state index is 12.5. The number of anilines is 1. The number of nitrogens with zero attached hydrogens (tertiary/aromatic N) is 3. The molecule has 6 heteroatoms. The lowest BCUT2D eigenvalue weighted by Gasteiger charge is -2.22. The maximum Gasteiger partial charge on any atom is 0.270 e. The van der Waals surface area contributed by atoms with Gasteiger partial charge < -0.3 is 16.0 Å². The van der Waals surface area contributed by atoms with Gasteiger partial charge >= 0.3 is 0 Å². The molecule has 3 aromatic rings. The highest BCUT2D eigenvalue weighted by molar-refractivity contribution is 5.92. The number of aromatic nitrogens is 2. The molecule has 0 bridgehead atoms. The molecule has 4 rings (SSSR count).